The number of carbonyl (C=O) groups is 1. The van der Waals surface area contributed by atoms with Crippen LogP contribution in [0.3, 0.4) is 0 Å². The molecule has 2 aliphatic heterocycles. The van der Waals surface area contributed by atoms with Gasteiger partial charge in [0.15, 0.2) is 0 Å². The molecule has 0 spiro atoms. The van der Waals surface area contributed by atoms with E-state index in [1.807, 2.05) is 43.1 Å². The number of amides is 1. The van der Waals surface area contributed by atoms with E-state index >= 15 is 0 Å². The van der Waals surface area contributed by atoms with Gasteiger partial charge in [0.1, 0.15) is 5.75 Å². The molecule has 1 aromatic carbocycles. The Balaban J connectivity index is 1.44. The third kappa shape index (κ3) is 4.38. The number of rotatable bonds is 6. The van der Waals surface area contributed by atoms with E-state index in [9.17, 15) is 4.79 Å². The summed E-state index contributed by atoms with van der Waals surface area (Å²) in [6.07, 6.45) is 6.81. The van der Waals surface area contributed by atoms with Gasteiger partial charge in [0.2, 0.25) is 5.91 Å². The van der Waals surface area contributed by atoms with E-state index in [0.29, 0.717) is 18.4 Å². The number of nitrogens with zero attached hydrogens (tertiary/aromatic N) is 3. The molecule has 2 fully saturated rings. The average molecular weight is 411 g/mol. The maximum Gasteiger partial charge on any atom is 0.226 e. The number of aromatic amines is 1. The first-order valence-electron chi connectivity index (χ1n) is 11.2. The number of fused-ring (bicyclic) bond motifs is 1. The third-order valence-corrected chi connectivity index (χ3v) is 6.93. The van der Waals surface area contributed by atoms with Gasteiger partial charge in [-0.25, -0.2) is 0 Å². The van der Waals surface area contributed by atoms with Crippen LogP contribution >= 0.6 is 0 Å². The SMILES string of the molecule is COc1ccc(-c2n[nH]c(C)c2CC(=O)N(C)C[C@H]2CCCN3CCCC[C@@H]23)cc1. The molecule has 162 valence electrons. The molecule has 0 bridgehead atoms. The number of carbonyl (C=O) groups excluding carboxylic acids is 1. The van der Waals surface area contributed by atoms with Gasteiger partial charge < -0.3 is 14.5 Å². The van der Waals surface area contributed by atoms with E-state index in [1.54, 1.807) is 7.11 Å². The molecule has 6 heteroatoms. The Labute approximate surface area is 179 Å². The van der Waals surface area contributed by atoms with Gasteiger partial charge in [-0.3, -0.25) is 9.89 Å². The quantitative estimate of drug-likeness (QED) is 0.790. The number of aromatic nitrogens is 2. The van der Waals surface area contributed by atoms with Gasteiger partial charge >= 0.3 is 0 Å². The fourth-order valence-electron chi connectivity index (χ4n) is 5.19. The van der Waals surface area contributed by atoms with Gasteiger partial charge in [0.05, 0.1) is 19.2 Å². The summed E-state index contributed by atoms with van der Waals surface area (Å²) in [5.41, 5.74) is 3.79. The summed E-state index contributed by atoms with van der Waals surface area (Å²) >= 11 is 0. The van der Waals surface area contributed by atoms with Crippen LogP contribution in [-0.2, 0) is 11.2 Å². The second kappa shape index (κ2) is 9.21. The average Bonchev–Trinajstić information content (AvgIpc) is 3.14. The Morgan fingerprint density at radius 2 is 1.97 bits per heavy atom. The Kier molecular flexibility index (Phi) is 6.42. The van der Waals surface area contributed by atoms with Crippen LogP contribution in [0.25, 0.3) is 11.3 Å². The van der Waals surface area contributed by atoms with E-state index in [2.05, 4.69) is 15.1 Å². The van der Waals surface area contributed by atoms with Gasteiger partial charge in [-0.15, -0.1) is 0 Å². The Bertz CT molecular complexity index is 859. The normalized spacial score (nSPS) is 21.8. The molecule has 2 aromatic rings. The van der Waals surface area contributed by atoms with Crippen LogP contribution in [0.5, 0.6) is 5.75 Å². The zero-order valence-corrected chi connectivity index (χ0v) is 18.5. The minimum absolute atomic E-state index is 0.169. The number of likely N-dealkylation sites (N-methyl/N-ethyl adjacent to an activating group) is 1. The maximum absolute atomic E-state index is 13.1. The van der Waals surface area contributed by atoms with E-state index in [-0.39, 0.29) is 5.91 Å². The van der Waals surface area contributed by atoms with Crippen LogP contribution in [0.1, 0.15) is 43.4 Å². The fraction of sp³-hybridized carbons (Fsp3) is 0.583. The van der Waals surface area contributed by atoms with Crippen molar-refractivity contribution in [1.29, 1.82) is 0 Å². The van der Waals surface area contributed by atoms with Crippen LogP contribution < -0.4 is 4.74 Å². The van der Waals surface area contributed by atoms with Crippen LogP contribution in [0.4, 0.5) is 0 Å². The van der Waals surface area contributed by atoms with Gasteiger partial charge in [0.25, 0.3) is 0 Å². The van der Waals surface area contributed by atoms with Crippen LogP contribution in [0, 0.1) is 12.8 Å². The minimum atomic E-state index is 0.169. The molecular formula is C24H34N4O2. The lowest BCUT2D eigenvalue weighted by Gasteiger charge is -2.45. The highest BCUT2D eigenvalue weighted by atomic mass is 16.5. The maximum atomic E-state index is 13.1. The first kappa shape index (κ1) is 20.9. The highest BCUT2D eigenvalue weighted by Crippen LogP contribution is 2.32. The molecular weight excluding hydrogens is 376 g/mol. The van der Waals surface area contributed by atoms with Gasteiger partial charge in [-0.05, 0) is 75.9 Å². The first-order valence-corrected chi connectivity index (χ1v) is 11.2. The summed E-state index contributed by atoms with van der Waals surface area (Å²) in [4.78, 5) is 17.7. The van der Waals surface area contributed by atoms with Crippen LogP contribution in [-0.4, -0.2) is 65.7 Å². The molecule has 4 rings (SSSR count). The number of H-pyrrole nitrogens is 1. The Morgan fingerprint density at radius 3 is 2.73 bits per heavy atom. The zero-order valence-electron chi connectivity index (χ0n) is 18.5. The predicted octanol–water partition coefficient (Wildman–Crippen LogP) is 3.66. The van der Waals surface area contributed by atoms with Gasteiger partial charge in [0, 0.05) is 36.5 Å². The van der Waals surface area contributed by atoms with Crippen molar-refractivity contribution >= 4 is 5.91 Å². The monoisotopic (exact) mass is 410 g/mol. The molecule has 30 heavy (non-hydrogen) atoms. The molecule has 6 nitrogen and oxygen atoms in total. The van der Waals surface area contributed by atoms with Crippen LogP contribution in [0.15, 0.2) is 24.3 Å². The molecule has 2 atom stereocenters. The molecule has 2 saturated heterocycles. The number of aryl methyl sites for hydroxylation is 1. The van der Waals surface area contributed by atoms with Crippen molar-refractivity contribution in [3.8, 4) is 17.0 Å². The lowest BCUT2D eigenvalue weighted by Crippen LogP contribution is -2.51. The summed E-state index contributed by atoms with van der Waals surface area (Å²) in [7, 11) is 3.62. The second-order valence-corrected chi connectivity index (χ2v) is 8.86. The number of nitrogens with one attached hydrogen (secondary N) is 1. The Morgan fingerprint density at radius 1 is 1.20 bits per heavy atom. The Hall–Kier alpha value is -2.34. The number of ether oxygens (including phenoxy) is 1. The highest BCUT2D eigenvalue weighted by molar-refractivity contribution is 5.81. The predicted molar refractivity (Wildman–Crippen MR) is 119 cm³/mol. The summed E-state index contributed by atoms with van der Waals surface area (Å²) in [5, 5.41) is 7.55. The molecule has 0 unspecified atom stereocenters. The first-order chi connectivity index (χ1) is 14.6. The van der Waals surface area contributed by atoms with Crippen molar-refractivity contribution in [1.82, 2.24) is 20.0 Å². The number of piperidine rings is 2. The summed E-state index contributed by atoms with van der Waals surface area (Å²) < 4.78 is 5.25. The topological polar surface area (TPSA) is 61.5 Å². The lowest BCUT2D eigenvalue weighted by molar-refractivity contribution is -0.130. The third-order valence-electron chi connectivity index (χ3n) is 6.93. The summed E-state index contributed by atoms with van der Waals surface area (Å²) in [6.45, 7) is 5.31. The number of hydrogen-bond donors (Lipinski definition) is 1. The smallest absolute Gasteiger partial charge is 0.226 e. The van der Waals surface area contributed by atoms with E-state index in [4.69, 9.17) is 4.74 Å². The molecule has 1 amide bonds. The van der Waals surface area contributed by atoms with E-state index < -0.39 is 0 Å². The van der Waals surface area contributed by atoms with Crippen molar-refractivity contribution in [3.05, 3.63) is 35.5 Å². The molecule has 3 heterocycles. The molecule has 2 aliphatic rings. The lowest BCUT2D eigenvalue weighted by atomic mass is 9.83. The molecule has 0 aliphatic carbocycles. The van der Waals surface area contributed by atoms with Gasteiger partial charge in [-0.2, -0.15) is 5.10 Å². The molecule has 1 aromatic heterocycles. The van der Waals surface area contributed by atoms with Crippen molar-refractivity contribution in [2.75, 3.05) is 33.8 Å². The highest BCUT2D eigenvalue weighted by Gasteiger charge is 2.34. The summed E-state index contributed by atoms with van der Waals surface area (Å²) in [6, 6.07) is 8.50. The van der Waals surface area contributed by atoms with Crippen molar-refractivity contribution in [2.24, 2.45) is 5.92 Å². The number of hydrogen-bond acceptors (Lipinski definition) is 4. The van der Waals surface area contributed by atoms with E-state index in [1.165, 1.54) is 45.2 Å². The summed E-state index contributed by atoms with van der Waals surface area (Å²) in [5.74, 6) is 1.58. The van der Waals surface area contributed by atoms with E-state index in [0.717, 1.165) is 34.8 Å². The van der Waals surface area contributed by atoms with Crippen molar-refractivity contribution in [3.63, 3.8) is 0 Å². The van der Waals surface area contributed by atoms with Crippen LogP contribution in [0.2, 0.25) is 0 Å². The number of methoxy groups -OCH3 is 1. The number of benzene rings is 1. The standard InChI is InChI=1S/C24H34N4O2/c1-17-21(24(26-25-17)18-9-11-20(30-3)12-10-18)15-23(29)27(2)16-19-7-6-14-28-13-5-4-8-22(19)28/h9-12,19,22H,4-8,13-16H2,1-3H3,(H,25,26)/t19-,22+/m1/s1. The minimum Gasteiger partial charge on any atom is -0.497 e. The fourth-order valence-corrected chi connectivity index (χ4v) is 5.19. The van der Waals surface area contributed by atoms with Gasteiger partial charge in [-0.1, -0.05) is 6.42 Å². The van der Waals surface area contributed by atoms with Crippen molar-refractivity contribution in [2.45, 2.75) is 51.5 Å². The zero-order chi connectivity index (χ0) is 21.1. The molecule has 0 saturated carbocycles. The second-order valence-electron chi connectivity index (χ2n) is 8.86. The largest absolute Gasteiger partial charge is 0.497 e. The molecule has 1 N–H and O–H groups in total. The van der Waals surface area contributed by atoms with Crippen molar-refractivity contribution < 1.29 is 9.53 Å². The molecule has 0 radical (unpaired) electrons.